The average Bonchev–Trinajstić information content (AvgIpc) is 3.35. The Morgan fingerprint density at radius 2 is 2.03 bits per heavy atom. The van der Waals surface area contributed by atoms with E-state index in [9.17, 15) is 13.2 Å². The molecule has 11 heteroatoms. The van der Waals surface area contributed by atoms with Crippen molar-refractivity contribution in [3.63, 3.8) is 0 Å². The van der Waals surface area contributed by atoms with Crippen LogP contribution in [0.3, 0.4) is 0 Å². The zero-order valence-electron chi connectivity index (χ0n) is 17.8. The lowest BCUT2D eigenvalue weighted by molar-refractivity contribution is -0.192. The average molecular weight is 456 g/mol. The Bertz CT molecular complexity index is 867. The Labute approximate surface area is 184 Å². The first-order chi connectivity index (χ1) is 15.2. The Balaban J connectivity index is 0.000000360. The van der Waals surface area contributed by atoms with E-state index < -0.39 is 12.1 Å². The summed E-state index contributed by atoms with van der Waals surface area (Å²) in [4.78, 5) is 19.7. The van der Waals surface area contributed by atoms with Crippen molar-refractivity contribution >= 4 is 5.97 Å². The van der Waals surface area contributed by atoms with Gasteiger partial charge in [0.25, 0.3) is 0 Å². The number of carboxylic acids is 1. The second kappa shape index (κ2) is 10.4. The first kappa shape index (κ1) is 24.1. The topological polar surface area (TPSA) is 89.7 Å². The molecule has 176 valence electrons. The lowest BCUT2D eigenvalue weighted by Gasteiger charge is -2.38. The van der Waals surface area contributed by atoms with E-state index in [-0.39, 0.29) is 11.7 Å². The van der Waals surface area contributed by atoms with Crippen molar-refractivity contribution in [2.45, 2.75) is 50.3 Å². The number of alkyl halides is 3. The number of pyridine rings is 1. The summed E-state index contributed by atoms with van der Waals surface area (Å²) >= 11 is 0. The molecule has 32 heavy (non-hydrogen) atoms. The summed E-state index contributed by atoms with van der Waals surface area (Å²) in [5.74, 6) is -2.76. The monoisotopic (exact) mass is 456 g/mol. The molecule has 0 saturated carbocycles. The minimum Gasteiger partial charge on any atom is -0.475 e. The van der Waals surface area contributed by atoms with Gasteiger partial charge in [-0.1, -0.05) is 6.07 Å². The minimum absolute atomic E-state index is 0.0164. The summed E-state index contributed by atoms with van der Waals surface area (Å²) in [6.07, 6.45) is 5.76. The fourth-order valence-electron chi connectivity index (χ4n) is 3.84. The Morgan fingerprint density at radius 1 is 1.31 bits per heavy atom. The van der Waals surface area contributed by atoms with E-state index in [4.69, 9.17) is 19.4 Å². The second-order valence-electron chi connectivity index (χ2n) is 8.07. The Morgan fingerprint density at radius 3 is 2.59 bits per heavy atom. The number of imidazole rings is 1. The predicted octanol–water partition coefficient (Wildman–Crippen LogP) is 2.79. The summed E-state index contributed by atoms with van der Waals surface area (Å²) < 4.78 is 46.1. The number of nitrogens with zero attached hydrogens (tertiary/aromatic N) is 4. The van der Waals surface area contributed by atoms with Gasteiger partial charge in [-0.15, -0.1) is 0 Å². The summed E-state index contributed by atoms with van der Waals surface area (Å²) in [5, 5.41) is 7.12. The van der Waals surface area contributed by atoms with E-state index in [0.29, 0.717) is 13.2 Å². The van der Waals surface area contributed by atoms with Gasteiger partial charge in [0, 0.05) is 51.7 Å². The van der Waals surface area contributed by atoms with Crippen molar-refractivity contribution < 1.29 is 32.5 Å². The maximum atomic E-state index is 10.6. The van der Waals surface area contributed by atoms with Gasteiger partial charge in [0.2, 0.25) is 0 Å². The molecule has 8 nitrogen and oxygen atoms in total. The molecule has 0 radical (unpaired) electrons. The van der Waals surface area contributed by atoms with E-state index in [2.05, 4.69) is 32.5 Å². The normalized spacial score (nSPS) is 20.7. The molecule has 2 aromatic rings. The van der Waals surface area contributed by atoms with Gasteiger partial charge in [-0.25, -0.2) is 9.78 Å². The van der Waals surface area contributed by atoms with Crippen LogP contribution in [-0.4, -0.2) is 68.1 Å². The first-order valence-corrected chi connectivity index (χ1v) is 10.3. The third-order valence-corrected chi connectivity index (χ3v) is 5.70. The SMILES string of the molecule is Cn1cncc1CN1CCC2(CC1)CC(OCc1cccnc1)CO2.O=C(O)C(F)(F)F. The van der Waals surface area contributed by atoms with E-state index in [1.54, 1.807) is 6.20 Å². The van der Waals surface area contributed by atoms with Crippen LogP contribution in [0.25, 0.3) is 0 Å². The molecule has 0 amide bonds. The van der Waals surface area contributed by atoms with Crippen LogP contribution in [0.1, 0.15) is 30.5 Å². The van der Waals surface area contributed by atoms with Crippen molar-refractivity contribution in [1.29, 1.82) is 0 Å². The predicted molar refractivity (Wildman–Crippen MR) is 108 cm³/mol. The summed E-state index contributed by atoms with van der Waals surface area (Å²) in [6.45, 7) is 4.43. The number of piperidine rings is 1. The van der Waals surface area contributed by atoms with Crippen LogP contribution in [0.5, 0.6) is 0 Å². The van der Waals surface area contributed by atoms with Gasteiger partial charge in [-0.05, 0) is 24.5 Å². The third-order valence-electron chi connectivity index (χ3n) is 5.70. The standard InChI is InChI=1S/C19H26N4O2.C2HF3O2/c1-22-15-21-11-17(22)12-23-7-4-19(5-8-23)9-18(14-25-19)24-13-16-3-2-6-20-10-16;3-2(4,5)1(6)7/h2-3,6,10-11,15,18H,4-5,7-9,12-14H2,1H3;(H,6,7). The molecule has 0 bridgehead atoms. The van der Waals surface area contributed by atoms with Crippen LogP contribution in [0.2, 0.25) is 0 Å². The van der Waals surface area contributed by atoms with Crippen LogP contribution in [0.15, 0.2) is 37.1 Å². The molecule has 4 heterocycles. The minimum atomic E-state index is -5.08. The maximum Gasteiger partial charge on any atom is 0.490 e. The highest BCUT2D eigenvalue weighted by Gasteiger charge is 2.43. The number of likely N-dealkylation sites (tertiary alicyclic amines) is 1. The van der Waals surface area contributed by atoms with Crippen LogP contribution in [-0.2, 0) is 34.5 Å². The molecule has 0 aliphatic carbocycles. The van der Waals surface area contributed by atoms with Gasteiger partial charge in [0.15, 0.2) is 0 Å². The lowest BCUT2D eigenvalue weighted by Crippen LogP contribution is -2.44. The van der Waals surface area contributed by atoms with Crippen molar-refractivity contribution in [3.8, 4) is 0 Å². The highest BCUT2D eigenvalue weighted by atomic mass is 19.4. The van der Waals surface area contributed by atoms with E-state index in [0.717, 1.165) is 44.5 Å². The molecular weight excluding hydrogens is 429 g/mol. The van der Waals surface area contributed by atoms with Crippen LogP contribution in [0, 0.1) is 0 Å². The number of hydrogen-bond donors (Lipinski definition) is 1. The largest absolute Gasteiger partial charge is 0.490 e. The van der Waals surface area contributed by atoms with Crippen molar-refractivity contribution in [2.24, 2.45) is 7.05 Å². The number of aliphatic carboxylic acids is 1. The molecule has 1 N–H and O–H groups in total. The summed E-state index contributed by atoms with van der Waals surface area (Å²) in [7, 11) is 2.05. The quantitative estimate of drug-likeness (QED) is 0.740. The van der Waals surface area contributed by atoms with Gasteiger partial charge in [-0.2, -0.15) is 13.2 Å². The first-order valence-electron chi connectivity index (χ1n) is 10.3. The molecule has 0 aromatic carbocycles. The third kappa shape index (κ3) is 6.75. The summed E-state index contributed by atoms with van der Waals surface area (Å²) in [5.41, 5.74) is 2.40. The number of halogens is 3. The van der Waals surface area contributed by atoms with Crippen LogP contribution in [0.4, 0.5) is 13.2 Å². The van der Waals surface area contributed by atoms with Gasteiger partial charge in [-0.3, -0.25) is 9.88 Å². The van der Waals surface area contributed by atoms with Gasteiger partial charge < -0.3 is 19.1 Å². The van der Waals surface area contributed by atoms with Crippen LogP contribution >= 0.6 is 0 Å². The fraction of sp³-hybridized carbons (Fsp3) is 0.571. The Hall–Kier alpha value is -2.50. The number of carboxylic acid groups (broad SMARTS) is 1. The number of rotatable bonds is 5. The van der Waals surface area contributed by atoms with E-state index in [1.807, 2.05) is 24.8 Å². The highest BCUT2D eigenvalue weighted by molar-refractivity contribution is 5.73. The fourth-order valence-corrected chi connectivity index (χ4v) is 3.84. The molecule has 1 atom stereocenters. The highest BCUT2D eigenvalue weighted by Crippen LogP contribution is 2.37. The number of hydrogen-bond acceptors (Lipinski definition) is 6. The Kier molecular flexibility index (Phi) is 7.86. The van der Waals surface area contributed by atoms with Crippen LogP contribution < -0.4 is 0 Å². The molecule has 2 aliphatic rings. The zero-order chi connectivity index (χ0) is 23.2. The van der Waals surface area contributed by atoms with E-state index >= 15 is 0 Å². The number of aryl methyl sites for hydroxylation is 1. The van der Waals surface area contributed by atoms with Gasteiger partial charge in [0.05, 0.1) is 36.9 Å². The molecule has 2 aliphatic heterocycles. The smallest absolute Gasteiger partial charge is 0.475 e. The van der Waals surface area contributed by atoms with Crippen molar-refractivity contribution in [1.82, 2.24) is 19.4 Å². The molecule has 1 unspecified atom stereocenters. The number of ether oxygens (including phenoxy) is 2. The maximum absolute atomic E-state index is 10.6. The van der Waals surface area contributed by atoms with Gasteiger partial charge in [0.1, 0.15) is 0 Å². The molecular formula is C21H27F3N4O4. The van der Waals surface area contributed by atoms with E-state index in [1.165, 1.54) is 5.69 Å². The lowest BCUT2D eigenvalue weighted by atomic mass is 9.88. The van der Waals surface area contributed by atoms with Crippen molar-refractivity contribution in [3.05, 3.63) is 48.3 Å². The molecule has 2 aromatic heterocycles. The second-order valence-corrected chi connectivity index (χ2v) is 8.07. The molecule has 1 spiro atoms. The summed E-state index contributed by atoms with van der Waals surface area (Å²) in [6, 6.07) is 4.00. The van der Waals surface area contributed by atoms with Gasteiger partial charge >= 0.3 is 12.1 Å². The zero-order valence-corrected chi connectivity index (χ0v) is 17.8. The van der Waals surface area contributed by atoms with Crippen molar-refractivity contribution in [2.75, 3.05) is 19.7 Å². The number of aromatic nitrogens is 3. The molecule has 2 fully saturated rings. The molecule has 2 saturated heterocycles. The number of carbonyl (C=O) groups is 1. The molecule has 4 rings (SSSR count).